The summed E-state index contributed by atoms with van der Waals surface area (Å²) in [5.74, 6) is 2.07. The molecule has 0 saturated carbocycles. The van der Waals surface area contributed by atoms with Crippen LogP contribution >= 0.6 is 0 Å². The maximum atomic E-state index is 13.0. The normalized spacial score (nSPS) is 18.5. The van der Waals surface area contributed by atoms with Crippen molar-refractivity contribution >= 4 is 21.8 Å². The van der Waals surface area contributed by atoms with Crippen molar-refractivity contribution in [3.05, 3.63) is 36.0 Å². The minimum absolute atomic E-state index is 0.247. The number of sulfonamides is 1. The van der Waals surface area contributed by atoms with E-state index < -0.39 is 10.0 Å². The van der Waals surface area contributed by atoms with Crippen molar-refractivity contribution in [3.8, 4) is 5.75 Å². The average molecular weight is 434 g/mol. The van der Waals surface area contributed by atoms with Crippen LogP contribution in [0.25, 0.3) is 0 Å². The molecule has 0 aliphatic carbocycles. The van der Waals surface area contributed by atoms with Crippen molar-refractivity contribution in [1.29, 1.82) is 0 Å². The van der Waals surface area contributed by atoms with Gasteiger partial charge in [-0.05, 0) is 19.1 Å². The van der Waals surface area contributed by atoms with Gasteiger partial charge in [0.1, 0.15) is 11.6 Å². The first kappa shape index (κ1) is 20.8. The van der Waals surface area contributed by atoms with Crippen LogP contribution in [0.15, 0.2) is 35.2 Å². The highest BCUT2D eigenvalue weighted by Gasteiger charge is 2.30. The summed E-state index contributed by atoms with van der Waals surface area (Å²) in [5.41, 5.74) is 0.896. The second kappa shape index (κ2) is 8.75. The molecule has 2 saturated heterocycles. The molecule has 162 valence electrons. The van der Waals surface area contributed by atoms with Gasteiger partial charge in [-0.25, -0.2) is 13.4 Å². The lowest BCUT2D eigenvalue weighted by molar-refractivity contribution is 0.122. The minimum atomic E-state index is -3.57. The van der Waals surface area contributed by atoms with E-state index in [4.69, 9.17) is 14.5 Å². The molecule has 10 heteroatoms. The summed E-state index contributed by atoms with van der Waals surface area (Å²) in [5, 5.41) is 0. The highest BCUT2D eigenvalue weighted by atomic mass is 32.2. The lowest BCUT2D eigenvalue weighted by atomic mass is 10.3. The summed E-state index contributed by atoms with van der Waals surface area (Å²) < 4.78 is 38.1. The maximum Gasteiger partial charge on any atom is 0.243 e. The second-order valence-electron chi connectivity index (χ2n) is 7.34. The third-order valence-corrected chi connectivity index (χ3v) is 7.26. The highest BCUT2D eigenvalue weighted by molar-refractivity contribution is 7.89. The Morgan fingerprint density at radius 3 is 2.40 bits per heavy atom. The third kappa shape index (κ3) is 4.35. The van der Waals surface area contributed by atoms with E-state index in [-0.39, 0.29) is 4.90 Å². The van der Waals surface area contributed by atoms with Crippen molar-refractivity contribution in [3.63, 3.8) is 0 Å². The van der Waals surface area contributed by atoms with E-state index in [1.54, 1.807) is 24.3 Å². The molecule has 0 atom stereocenters. The Hall–Kier alpha value is -2.43. The smallest absolute Gasteiger partial charge is 0.243 e. The number of hydrogen-bond acceptors (Lipinski definition) is 8. The van der Waals surface area contributed by atoms with Gasteiger partial charge in [-0.3, -0.25) is 0 Å². The molecule has 1 aromatic carbocycles. The number of anilines is 2. The molecular formula is C20H27N5O4S. The monoisotopic (exact) mass is 433 g/mol. The van der Waals surface area contributed by atoms with Crippen LogP contribution in [0.1, 0.15) is 5.69 Å². The van der Waals surface area contributed by atoms with Gasteiger partial charge in [0.2, 0.25) is 16.0 Å². The van der Waals surface area contributed by atoms with E-state index in [0.29, 0.717) is 51.1 Å². The summed E-state index contributed by atoms with van der Waals surface area (Å²) in [6, 6.07) is 8.56. The molecule has 1 aromatic heterocycles. The molecule has 2 fully saturated rings. The third-order valence-electron chi connectivity index (χ3n) is 5.36. The predicted octanol–water partition coefficient (Wildman–Crippen LogP) is 1.14. The van der Waals surface area contributed by atoms with E-state index in [2.05, 4.69) is 14.8 Å². The van der Waals surface area contributed by atoms with E-state index >= 15 is 0 Å². The molecule has 2 aliphatic rings. The van der Waals surface area contributed by atoms with Crippen LogP contribution in [0.3, 0.4) is 0 Å². The van der Waals surface area contributed by atoms with Crippen molar-refractivity contribution in [2.24, 2.45) is 0 Å². The van der Waals surface area contributed by atoms with Crippen molar-refractivity contribution in [2.45, 2.75) is 11.8 Å². The van der Waals surface area contributed by atoms with E-state index in [0.717, 1.165) is 24.6 Å². The first-order chi connectivity index (χ1) is 14.5. The van der Waals surface area contributed by atoms with Gasteiger partial charge in [-0.15, -0.1) is 0 Å². The Kier molecular flexibility index (Phi) is 6.07. The molecule has 0 N–H and O–H groups in total. The number of rotatable bonds is 5. The molecule has 9 nitrogen and oxygen atoms in total. The fraction of sp³-hybridized carbons (Fsp3) is 0.500. The first-order valence-corrected chi connectivity index (χ1v) is 11.5. The molecule has 0 amide bonds. The molecule has 2 aromatic rings. The van der Waals surface area contributed by atoms with Crippen LogP contribution < -0.4 is 14.5 Å². The number of aromatic nitrogens is 2. The van der Waals surface area contributed by atoms with E-state index in [1.165, 1.54) is 11.4 Å². The summed E-state index contributed by atoms with van der Waals surface area (Å²) in [6.07, 6.45) is 0. The number of hydrogen-bond donors (Lipinski definition) is 0. The predicted molar refractivity (Wildman–Crippen MR) is 114 cm³/mol. The number of morpholine rings is 1. The summed E-state index contributed by atoms with van der Waals surface area (Å²) in [4.78, 5) is 13.8. The molecule has 0 spiro atoms. The zero-order valence-corrected chi connectivity index (χ0v) is 18.1. The molecule has 3 heterocycles. The Balaban J connectivity index is 1.47. The number of ether oxygens (including phenoxy) is 2. The van der Waals surface area contributed by atoms with E-state index in [9.17, 15) is 8.42 Å². The molecule has 0 unspecified atom stereocenters. The quantitative estimate of drug-likeness (QED) is 0.694. The zero-order chi connectivity index (χ0) is 21.1. The molecule has 4 rings (SSSR count). The van der Waals surface area contributed by atoms with Crippen LogP contribution in [0.2, 0.25) is 0 Å². The lowest BCUT2D eigenvalue weighted by Crippen LogP contribution is -2.49. The van der Waals surface area contributed by atoms with Crippen LogP contribution in [0, 0.1) is 6.92 Å². The number of aryl methyl sites for hydroxylation is 1. The molecule has 2 aliphatic heterocycles. The number of piperazine rings is 1. The van der Waals surface area contributed by atoms with Gasteiger partial charge in [-0.1, -0.05) is 6.07 Å². The van der Waals surface area contributed by atoms with Gasteiger partial charge in [0.15, 0.2) is 0 Å². The fourth-order valence-electron chi connectivity index (χ4n) is 3.67. The SMILES string of the molecule is COc1cccc(S(=O)(=O)N2CCN(c3nc(C)cc(N4CCOCC4)n3)CC2)c1. The molecular weight excluding hydrogens is 406 g/mol. The lowest BCUT2D eigenvalue weighted by Gasteiger charge is -2.35. The molecule has 30 heavy (non-hydrogen) atoms. The maximum absolute atomic E-state index is 13.0. The van der Waals surface area contributed by atoms with Gasteiger partial charge >= 0.3 is 0 Å². The topological polar surface area (TPSA) is 88.1 Å². The van der Waals surface area contributed by atoms with Gasteiger partial charge < -0.3 is 19.3 Å². The fourth-order valence-corrected chi connectivity index (χ4v) is 5.13. The van der Waals surface area contributed by atoms with Crippen molar-refractivity contribution < 1.29 is 17.9 Å². The van der Waals surface area contributed by atoms with Crippen molar-refractivity contribution in [1.82, 2.24) is 14.3 Å². The van der Waals surface area contributed by atoms with Gasteiger partial charge in [0.25, 0.3) is 0 Å². The van der Waals surface area contributed by atoms with Gasteiger partial charge in [0.05, 0.1) is 25.2 Å². The highest BCUT2D eigenvalue weighted by Crippen LogP contribution is 2.24. The summed E-state index contributed by atoms with van der Waals surface area (Å²) in [7, 11) is -2.04. The second-order valence-corrected chi connectivity index (χ2v) is 9.27. The Bertz CT molecular complexity index is 986. The van der Waals surface area contributed by atoms with Gasteiger partial charge in [-0.2, -0.15) is 9.29 Å². The Labute approximate surface area is 177 Å². The molecule has 0 bridgehead atoms. The van der Waals surface area contributed by atoms with Crippen LogP contribution in [-0.2, 0) is 14.8 Å². The number of nitrogens with zero attached hydrogens (tertiary/aromatic N) is 5. The van der Waals surface area contributed by atoms with Crippen molar-refractivity contribution in [2.75, 3.05) is 69.4 Å². The first-order valence-electron chi connectivity index (χ1n) is 10.0. The minimum Gasteiger partial charge on any atom is -0.497 e. The number of benzene rings is 1. The molecule has 0 radical (unpaired) electrons. The van der Waals surface area contributed by atoms with Crippen LogP contribution in [0.4, 0.5) is 11.8 Å². The number of methoxy groups -OCH3 is 1. The Morgan fingerprint density at radius 2 is 1.70 bits per heavy atom. The zero-order valence-electron chi connectivity index (χ0n) is 17.3. The largest absolute Gasteiger partial charge is 0.497 e. The van der Waals surface area contributed by atoms with Crippen LogP contribution in [-0.4, -0.2) is 82.3 Å². The van der Waals surface area contributed by atoms with Gasteiger partial charge in [0, 0.05) is 57.1 Å². The standard InChI is InChI=1S/C20H27N5O4S/c1-16-14-19(23-10-12-29-13-11-23)22-20(21-16)24-6-8-25(9-7-24)30(26,27)18-5-3-4-17(15-18)28-2/h3-5,14-15H,6-13H2,1-2H3. The van der Waals surface area contributed by atoms with E-state index in [1.807, 2.05) is 13.0 Å². The van der Waals surface area contributed by atoms with Crippen LogP contribution in [0.5, 0.6) is 5.75 Å². The summed E-state index contributed by atoms with van der Waals surface area (Å²) in [6.45, 7) is 6.79. The summed E-state index contributed by atoms with van der Waals surface area (Å²) >= 11 is 0. The Morgan fingerprint density at radius 1 is 0.967 bits per heavy atom. The average Bonchev–Trinajstić information content (AvgIpc) is 2.79.